The molecule has 3 heteroatoms. The highest BCUT2D eigenvalue weighted by molar-refractivity contribution is 9.10. The number of rotatable bonds is 5. The molecule has 0 aliphatic carbocycles. The predicted molar refractivity (Wildman–Crippen MR) is 74.3 cm³/mol. The van der Waals surface area contributed by atoms with Crippen molar-refractivity contribution in [2.75, 3.05) is 12.3 Å². The minimum atomic E-state index is 0.492. The maximum Gasteiger partial charge on any atom is 0.0318 e. The lowest BCUT2D eigenvalue weighted by Crippen LogP contribution is -2.30. The van der Waals surface area contributed by atoms with Gasteiger partial charge in [0.25, 0.3) is 0 Å². The highest BCUT2D eigenvalue weighted by Crippen LogP contribution is 2.21. The van der Waals surface area contributed by atoms with Gasteiger partial charge >= 0.3 is 0 Å². The largest absolute Gasteiger partial charge is 0.399 e. The molecule has 0 bridgehead atoms. The van der Waals surface area contributed by atoms with Gasteiger partial charge in [-0.1, -0.05) is 22.0 Å². The predicted octanol–water partition coefficient (Wildman–Crippen LogP) is 3.43. The number of halogens is 1. The van der Waals surface area contributed by atoms with E-state index in [0.717, 1.165) is 23.2 Å². The van der Waals surface area contributed by atoms with Crippen LogP contribution in [0.1, 0.15) is 19.4 Å². The Morgan fingerprint density at radius 3 is 2.75 bits per heavy atom. The summed E-state index contributed by atoms with van der Waals surface area (Å²) in [6.45, 7) is 9.93. The minimum absolute atomic E-state index is 0.492. The zero-order valence-corrected chi connectivity index (χ0v) is 11.5. The lowest BCUT2D eigenvalue weighted by Gasteiger charge is -2.25. The molecule has 88 valence electrons. The fourth-order valence-corrected chi connectivity index (χ4v) is 1.93. The van der Waals surface area contributed by atoms with Crippen LogP contribution in [0.5, 0.6) is 0 Å². The molecule has 0 saturated heterocycles. The monoisotopic (exact) mass is 282 g/mol. The molecule has 0 saturated carbocycles. The lowest BCUT2D eigenvalue weighted by molar-refractivity contribution is 0.237. The van der Waals surface area contributed by atoms with Gasteiger partial charge in [0.1, 0.15) is 0 Å². The molecule has 0 aliphatic heterocycles. The van der Waals surface area contributed by atoms with Crippen molar-refractivity contribution < 1.29 is 0 Å². The third-order valence-electron chi connectivity index (χ3n) is 2.54. The first-order valence-corrected chi connectivity index (χ1v) is 6.22. The van der Waals surface area contributed by atoms with Gasteiger partial charge in [0.05, 0.1) is 0 Å². The summed E-state index contributed by atoms with van der Waals surface area (Å²) in [4.78, 5) is 2.34. The van der Waals surface area contributed by atoms with Crippen molar-refractivity contribution in [3.05, 3.63) is 40.9 Å². The summed E-state index contributed by atoms with van der Waals surface area (Å²) in [5.74, 6) is 0. The van der Waals surface area contributed by atoms with Gasteiger partial charge in [-0.25, -0.2) is 0 Å². The molecule has 0 radical (unpaired) electrons. The van der Waals surface area contributed by atoms with E-state index in [-0.39, 0.29) is 0 Å². The van der Waals surface area contributed by atoms with Crippen LogP contribution in [0.15, 0.2) is 35.3 Å². The molecule has 2 N–H and O–H groups in total. The lowest BCUT2D eigenvalue weighted by atomic mass is 10.1. The maximum absolute atomic E-state index is 5.79. The second kappa shape index (κ2) is 6.06. The molecule has 1 rings (SSSR count). The molecule has 2 nitrogen and oxygen atoms in total. The van der Waals surface area contributed by atoms with Crippen molar-refractivity contribution in [2.45, 2.75) is 26.4 Å². The molecular formula is C13H19BrN2. The van der Waals surface area contributed by atoms with Gasteiger partial charge in [-0.15, -0.1) is 6.58 Å². The third kappa shape index (κ3) is 3.65. The fraction of sp³-hybridized carbons (Fsp3) is 0.385. The van der Waals surface area contributed by atoms with Crippen LogP contribution in [-0.2, 0) is 6.54 Å². The molecule has 1 aromatic carbocycles. The van der Waals surface area contributed by atoms with Crippen LogP contribution in [0, 0.1) is 0 Å². The van der Waals surface area contributed by atoms with Gasteiger partial charge in [-0.05, 0) is 37.6 Å². The quantitative estimate of drug-likeness (QED) is 0.662. The summed E-state index contributed by atoms with van der Waals surface area (Å²) in [5.41, 5.74) is 7.82. The molecule has 0 aromatic heterocycles. The Kier molecular flexibility index (Phi) is 5.03. The summed E-state index contributed by atoms with van der Waals surface area (Å²) in [6.07, 6.45) is 1.93. The number of hydrogen-bond donors (Lipinski definition) is 1. The average Bonchev–Trinajstić information content (AvgIpc) is 2.22. The van der Waals surface area contributed by atoms with Crippen LogP contribution in [-0.4, -0.2) is 17.5 Å². The third-order valence-corrected chi connectivity index (χ3v) is 3.31. The van der Waals surface area contributed by atoms with E-state index >= 15 is 0 Å². The van der Waals surface area contributed by atoms with Gasteiger partial charge in [-0.2, -0.15) is 0 Å². The van der Waals surface area contributed by atoms with E-state index < -0.39 is 0 Å². The molecule has 0 aliphatic rings. The zero-order valence-electron chi connectivity index (χ0n) is 9.91. The van der Waals surface area contributed by atoms with Crippen LogP contribution >= 0.6 is 15.9 Å². The van der Waals surface area contributed by atoms with Gasteiger partial charge in [0.15, 0.2) is 0 Å². The normalized spacial score (nSPS) is 11.1. The Bertz CT molecular complexity index is 361. The SMILES string of the molecule is C=CCN(Cc1cc(N)ccc1Br)C(C)C. The van der Waals surface area contributed by atoms with Crippen molar-refractivity contribution >= 4 is 21.6 Å². The molecular weight excluding hydrogens is 264 g/mol. The van der Waals surface area contributed by atoms with Crippen molar-refractivity contribution in [1.29, 1.82) is 0 Å². The minimum Gasteiger partial charge on any atom is -0.399 e. The molecule has 0 amide bonds. The Balaban J connectivity index is 2.84. The van der Waals surface area contributed by atoms with Crippen molar-refractivity contribution in [1.82, 2.24) is 4.90 Å². The molecule has 0 atom stereocenters. The number of nitrogen functional groups attached to an aromatic ring is 1. The van der Waals surface area contributed by atoms with Crippen molar-refractivity contribution in [2.24, 2.45) is 0 Å². The Labute approximate surface area is 106 Å². The Morgan fingerprint density at radius 2 is 2.19 bits per heavy atom. The van der Waals surface area contributed by atoms with E-state index in [0.29, 0.717) is 6.04 Å². The van der Waals surface area contributed by atoms with E-state index in [1.54, 1.807) is 0 Å². The van der Waals surface area contributed by atoms with Crippen LogP contribution < -0.4 is 5.73 Å². The van der Waals surface area contributed by atoms with Gasteiger partial charge < -0.3 is 5.73 Å². The molecule has 16 heavy (non-hydrogen) atoms. The van der Waals surface area contributed by atoms with E-state index in [9.17, 15) is 0 Å². The number of nitrogens with two attached hydrogens (primary N) is 1. The van der Waals surface area contributed by atoms with Crippen LogP contribution in [0.25, 0.3) is 0 Å². The number of benzene rings is 1. The molecule has 0 fully saturated rings. The van der Waals surface area contributed by atoms with Crippen LogP contribution in [0.2, 0.25) is 0 Å². The second-order valence-electron chi connectivity index (χ2n) is 4.16. The Hall–Kier alpha value is -0.800. The molecule has 1 aromatic rings. The van der Waals surface area contributed by atoms with Crippen molar-refractivity contribution in [3.8, 4) is 0 Å². The summed E-state index contributed by atoms with van der Waals surface area (Å²) in [6, 6.07) is 6.41. The smallest absolute Gasteiger partial charge is 0.0318 e. The molecule has 0 spiro atoms. The average molecular weight is 283 g/mol. The van der Waals surface area contributed by atoms with Crippen molar-refractivity contribution in [3.63, 3.8) is 0 Å². The summed E-state index contributed by atoms with van der Waals surface area (Å²) in [5, 5.41) is 0. The maximum atomic E-state index is 5.79. The molecule has 0 unspecified atom stereocenters. The second-order valence-corrected chi connectivity index (χ2v) is 5.02. The number of nitrogens with zero attached hydrogens (tertiary/aromatic N) is 1. The highest BCUT2D eigenvalue weighted by Gasteiger charge is 2.10. The first-order valence-electron chi connectivity index (χ1n) is 5.43. The van der Waals surface area contributed by atoms with E-state index in [1.165, 1.54) is 5.56 Å². The summed E-state index contributed by atoms with van der Waals surface area (Å²) in [7, 11) is 0. The summed E-state index contributed by atoms with van der Waals surface area (Å²) < 4.78 is 1.11. The molecule has 0 heterocycles. The van der Waals surface area contributed by atoms with Crippen LogP contribution in [0.4, 0.5) is 5.69 Å². The number of hydrogen-bond acceptors (Lipinski definition) is 2. The zero-order chi connectivity index (χ0) is 12.1. The van der Waals surface area contributed by atoms with Gasteiger partial charge in [0, 0.05) is 29.3 Å². The highest BCUT2D eigenvalue weighted by atomic mass is 79.9. The summed E-state index contributed by atoms with van der Waals surface area (Å²) >= 11 is 3.55. The van der Waals surface area contributed by atoms with Crippen LogP contribution in [0.3, 0.4) is 0 Å². The van der Waals surface area contributed by atoms with E-state index in [2.05, 4.69) is 41.3 Å². The van der Waals surface area contributed by atoms with E-state index in [4.69, 9.17) is 5.73 Å². The number of anilines is 1. The first-order chi connectivity index (χ1) is 7.54. The fourth-order valence-electron chi connectivity index (χ4n) is 1.56. The van der Waals surface area contributed by atoms with Gasteiger partial charge in [0.2, 0.25) is 0 Å². The first kappa shape index (κ1) is 13.3. The topological polar surface area (TPSA) is 29.3 Å². The van der Waals surface area contributed by atoms with Gasteiger partial charge in [-0.3, -0.25) is 4.90 Å². The Morgan fingerprint density at radius 1 is 1.50 bits per heavy atom. The van der Waals surface area contributed by atoms with E-state index in [1.807, 2.05) is 24.3 Å². The standard InChI is InChI=1S/C13H19BrN2/c1-4-7-16(10(2)3)9-11-8-12(15)5-6-13(11)14/h4-6,8,10H,1,7,9,15H2,2-3H3.